The Bertz CT molecular complexity index is 811. The minimum absolute atomic E-state index is 0.0178. The van der Waals surface area contributed by atoms with Crippen LogP contribution in [0.4, 0.5) is 5.88 Å². The predicted molar refractivity (Wildman–Crippen MR) is 98.1 cm³/mol. The van der Waals surface area contributed by atoms with Gasteiger partial charge in [-0.25, -0.2) is 4.99 Å². The van der Waals surface area contributed by atoms with Crippen LogP contribution in [0.3, 0.4) is 0 Å². The maximum absolute atomic E-state index is 9.28. The van der Waals surface area contributed by atoms with Crippen LogP contribution in [0, 0.1) is 25.2 Å². The second-order valence-corrected chi connectivity index (χ2v) is 6.37. The Morgan fingerprint density at radius 3 is 2.40 bits per heavy atom. The van der Waals surface area contributed by atoms with E-state index in [0.29, 0.717) is 23.0 Å². The van der Waals surface area contributed by atoms with Crippen molar-refractivity contribution in [2.24, 2.45) is 4.99 Å². The van der Waals surface area contributed by atoms with Crippen LogP contribution in [0.2, 0.25) is 0 Å². The Labute approximate surface area is 148 Å². The van der Waals surface area contributed by atoms with Crippen LogP contribution in [0.5, 0.6) is 11.5 Å². The summed E-state index contributed by atoms with van der Waals surface area (Å²) in [5.74, 6) is 2.43. The van der Waals surface area contributed by atoms with Crippen LogP contribution in [0.1, 0.15) is 50.1 Å². The molecule has 2 rings (SSSR count). The van der Waals surface area contributed by atoms with E-state index in [4.69, 9.17) is 13.9 Å². The highest BCUT2D eigenvalue weighted by molar-refractivity contribution is 5.86. The molecule has 1 aromatic heterocycles. The number of ether oxygens (including phenoxy) is 2. The molecule has 0 aliphatic heterocycles. The van der Waals surface area contributed by atoms with E-state index in [1.807, 2.05) is 59.7 Å². The van der Waals surface area contributed by atoms with Crippen LogP contribution < -0.4 is 9.47 Å². The molecule has 0 spiro atoms. The first kappa shape index (κ1) is 18.6. The number of benzene rings is 1. The number of rotatable bonds is 6. The highest BCUT2D eigenvalue weighted by Gasteiger charge is 2.14. The zero-order chi connectivity index (χ0) is 18.6. The summed E-state index contributed by atoms with van der Waals surface area (Å²) in [5, 5.41) is 9.28. The number of nitriles is 1. The first-order valence-electron chi connectivity index (χ1n) is 8.33. The maximum Gasteiger partial charge on any atom is 0.237 e. The van der Waals surface area contributed by atoms with E-state index < -0.39 is 0 Å². The van der Waals surface area contributed by atoms with Crippen LogP contribution >= 0.6 is 0 Å². The molecule has 5 heteroatoms. The summed E-state index contributed by atoms with van der Waals surface area (Å²) in [6.07, 6.45) is 1.75. The van der Waals surface area contributed by atoms with Crippen molar-refractivity contribution in [3.05, 3.63) is 40.6 Å². The van der Waals surface area contributed by atoms with Gasteiger partial charge >= 0.3 is 0 Å². The average molecular weight is 340 g/mol. The van der Waals surface area contributed by atoms with Crippen molar-refractivity contribution in [3.63, 3.8) is 0 Å². The number of aliphatic imine (C=N–C) groups is 1. The van der Waals surface area contributed by atoms with Gasteiger partial charge in [-0.3, -0.25) is 0 Å². The zero-order valence-corrected chi connectivity index (χ0v) is 15.6. The quantitative estimate of drug-likeness (QED) is 0.687. The molecule has 0 saturated heterocycles. The first-order valence-corrected chi connectivity index (χ1v) is 8.33. The Kier molecular flexibility index (Phi) is 5.87. The Balaban J connectivity index is 2.38. The fourth-order valence-corrected chi connectivity index (χ4v) is 2.28. The molecular formula is C20H24N2O3. The predicted octanol–water partition coefficient (Wildman–Crippen LogP) is 5.09. The third kappa shape index (κ3) is 4.63. The summed E-state index contributed by atoms with van der Waals surface area (Å²) in [5.41, 5.74) is 2.06. The number of aryl methyl sites for hydroxylation is 1. The molecule has 1 aromatic carbocycles. The van der Waals surface area contributed by atoms with E-state index >= 15 is 0 Å². The molecule has 0 N–H and O–H groups in total. The molecule has 1 heterocycles. The third-order valence-electron chi connectivity index (χ3n) is 3.52. The lowest BCUT2D eigenvalue weighted by molar-refractivity contribution is 0.229. The van der Waals surface area contributed by atoms with Crippen molar-refractivity contribution in [1.29, 1.82) is 5.26 Å². The molecule has 25 heavy (non-hydrogen) atoms. The Morgan fingerprint density at radius 2 is 1.80 bits per heavy atom. The van der Waals surface area contributed by atoms with Gasteiger partial charge in [-0.05, 0) is 53.7 Å². The van der Waals surface area contributed by atoms with E-state index in [9.17, 15) is 5.26 Å². The minimum Gasteiger partial charge on any atom is -0.491 e. The van der Waals surface area contributed by atoms with Gasteiger partial charge < -0.3 is 13.9 Å². The molecule has 0 saturated carbocycles. The van der Waals surface area contributed by atoms with Crippen LogP contribution in [-0.4, -0.2) is 18.4 Å². The van der Waals surface area contributed by atoms with E-state index in [2.05, 4.69) is 11.1 Å². The minimum atomic E-state index is 0.0178. The van der Waals surface area contributed by atoms with E-state index in [1.54, 1.807) is 6.21 Å². The standard InChI is InChI=1S/C20H24N2O3/c1-12(2)23-17-8-7-16(19(9-17)24-13(3)4)11-22-20-18(10-21)14(5)15(6)25-20/h7-9,11-13H,1-6H3. The topological polar surface area (TPSA) is 67.8 Å². The molecule has 2 aromatic rings. The summed E-state index contributed by atoms with van der Waals surface area (Å²) in [6, 6.07) is 7.75. The highest BCUT2D eigenvalue weighted by atomic mass is 16.5. The highest BCUT2D eigenvalue weighted by Crippen LogP contribution is 2.29. The fourth-order valence-electron chi connectivity index (χ4n) is 2.28. The SMILES string of the molecule is Cc1oc(N=Cc2ccc(OC(C)C)cc2OC(C)C)c(C#N)c1C. The first-order chi connectivity index (χ1) is 11.8. The largest absolute Gasteiger partial charge is 0.491 e. The van der Waals surface area contributed by atoms with Gasteiger partial charge in [0.05, 0.1) is 12.2 Å². The molecule has 132 valence electrons. The monoisotopic (exact) mass is 340 g/mol. The number of hydrogen-bond acceptors (Lipinski definition) is 5. The molecule has 0 amide bonds. The van der Waals surface area contributed by atoms with Crippen LogP contribution in [0.25, 0.3) is 0 Å². The summed E-state index contributed by atoms with van der Waals surface area (Å²) in [6.45, 7) is 11.5. The van der Waals surface area contributed by atoms with Crippen LogP contribution in [0.15, 0.2) is 27.6 Å². The van der Waals surface area contributed by atoms with Gasteiger partial charge in [0.1, 0.15) is 28.9 Å². The van der Waals surface area contributed by atoms with Crippen molar-refractivity contribution in [3.8, 4) is 17.6 Å². The second kappa shape index (κ2) is 7.89. The molecule has 5 nitrogen and oxygen atoms in total. The molecule has 0 bridgehead atoms. The molecule has 0 fully saturated rings. The normalized spacial score (nSPS) is 11.3. The van der Waals surface area contributed by atoms with Gasteiger partial charge in [-0.15, -0.1) is 0 Å². The van der Waals surface area contributed by atoms with E-state index in [1.165, 1.54) is 0 Å². The lowest BCUT2D eigenvalue weighted by Gasteiger charge is -2.15. The Morgan fingerprint density at radius 1 is 1.12 bits per heavy atom. The summed E-state index contributed by atoms with van der Waals surface area (Å²) in [4.78, 5) is 4.35. The molecule has 0 unspecified atom stereocenters. The lowest BCUT2D eigenvalue weighted by Crippen LogP contribution is -2.09. The molecule has 0 atom stereocenters. The number of furan rings is 1. The fraction of sp³-hybridized carbons (Fsp3) is 0.400. The molecule has 0 radical (unpaired) electrons. The lowest BCUT2D eigenvalue weighted by atomic mass is 10.2. The number of nitrogens with zero attached hydrogens (tertiary/aromatic N) is 2. The smallest absolute Gasteiger partial charge is 0.237 e. The van der Waals surface area contributed by atoms with Gasteiger partial charge in [0, 0.05) is 23.4 Å². The van der Waals surface area contributed by atoms with Crippen LogP contribution in [-0.2, 0) is 0 Å². The Hall–Kier alpha value is -2.74. The molecule has 0 aliphatic carbocycles. The third-order valence-corrected chi connectivity index (χ3v) is 3.52. The summed E-state index contributed by atoms with van der Waals surface area (Å²) < 4.78 is 17.2. The summed E-state index contributed by atoms with van der Waals surface area (Å²) in [7, 11) is 0. The van der Waals surface area contributed by atoms with Gasteiger partial charge in [0.25, 0.3) is 0 Å². The van der Waals surface area contributed by atoms with Crippen molar-refractivity contribution < 1.29 is 13.9 Å². The van der Waals surface area contributed by atoms with E-state index in [0.717, 1.165) is 16.9 Å². The molecule has 0 aliphatic rings. The van der Waals surface area contributed by atoms with Gasteiger partial charge in [-0.1, -0.05) is 0 Å². The van der Waals surface area contributed by atoms with Crippen molar-refractivity contribution in [1.82, 2.24) is 0 Å². The van der Waals surface area contributed by atoms with Crippen molar-refractivity contribution in [2.75, 3.05) is 0 Å². The second-order valence-electron chi connectivity index (χ2n) is 6.37. The molecular weight excluding hydrogens is 316 g/mol. The number of hydrogen-bond donors (Lipinski definition) is 0. The summed E-state index contributed by atoms with van der Waals surface area (Å²) >= 11 is 0. The van der Waals surface area contributed by atoms with Crippen molar-refractivity contribution in [2.45, 2.75) is 53.8 Å². The maximum atomic E-state index is 9.28. The van der Waals surface area contributed by atoms with E-state index in [-0.39, 0.29) is 12.2 Å². The van der Waals surface area contributed by atoms with Gasteiger partial charge in [-0.2, -0.15) is 5.26 Å². The zero-order valence-electron chi connectivity index (χ0n) is 15.6. The van der Waals surface area contributed by atoms with Gasteiger partial charge in [0.2, 0.25) is 5.88 Å². The average Bonchev–Trinajstić information content (AvgIpc) is 2.79. The van der Waals surface area contributed by atoms with Crippen molar-refractivity contribution >= 4 is 12.1 Å². The van der Waals surface area contributed by atoms with Gasteiger partial charge in [0.15, 0.2) is 0 Å².